The van der Waals surface area contributed by atoms with Crippen LogP contribution in [-0.4, -0.2) is 109 Å². The van der Waals surface area contributed by atoms with Crippen LogP contribution in [0, 0.1) is 64.1 Å². The normalized spacial score (nSPS) is 51.7. The van der Waals surface area contributed by atoms with Crippen molar-refractivity contribution in [2.45, 2.75) is 164 Å². The number of allylic oxidation sites excluding steroid dienone is 2. The van der Waals surface area contributed by atoms with Crippen molar-refractivity contribution in [1.29, 1.82) is 0 Å². The first-order valence-electron chi connectivity index (χ1n) is 28.6. The van der Waals surface area contributed by atoms with Crippen LogP contribution in [0.25, 0.3) is 0 Å². The molecule has 7 aliphatic heterocycles. The number of piperidine rings is 2. The maximum atomic E-state index is 13.5. The summed E-state index contributed by atoms with van der Waals surface area (Å²) in [7, 11) is 0. The van der Waals surface area contributed by atoms with Crippen molar-refractivity contribution in [3.05, 3.63) is 107 Å². The minimum Gasteiger partial charge on any atom is -0.481 e. The first-order valence-corrected chi connectivity index (χ1v) is 28.6. The average Bonchev–Trinajstić information content (AvgIpc) is 4.15. The molecule has 382 valence electrons. The summed E-state index contributed by atoms with van der Waals surface area (Å²) in [6.07, 6.45) is 17.6. The zero-order valence-electron chi connectivity index (χ0n) is 43.3. The van der Waals surface area contributed by atoms with Gasteiger partial charge in [-0.15, -0.1) is 0 Å². The summed E-state index contributed by atoms with van der Waals surface area (Å²) < 4.78 is 0. The van der Waals surface area contributed by atoms with Gasteiger partial charge in [0.1, 0.15) is 5.72 Å². The van der Waals surface area contributed by atoms with Crippen LogP contribution in [0.2, 0.25) is 0 Å². The Hall–Kier alpha value is -3.77. The molecule has 4 saturated heterocycles. The summed E-state index contributed by atoms with van der Waals surface area (Å²) in [5, 5.41) is 61.5. The number of para-hydroxylation sites is 2. The van der Waals surface area contributed by atoms with Crippen LogP contribution in [0.3, 0.4) is 0 Å². The lowest BCUT2D eigenvalue weighted by atomic mass is 9.35. The molecule has 4 bridgehead atoms. The first-order chi connectivity index (χ1) is 34.6. The van der Waals surface area contributed by atoms with Crippen molar-refractivity contribution in [2.24, 2.45) is 64.1 Å². The third kappa shape index (κ3) is 4.97. The second-order valence-electron chi connectivity index (χ2n) is 26.7. The number of anilines is 2. The fourth-order valence-corrected chi connectivity index (χ4v) is 22.8. The van der Waals surface area contributed by atoms with Crippen molar-refractivity contribution >= 4 is 17.3 Å². The summed E-state index contributed by atoms with van der Waals surface area (Å²) in [6, 6.07) is 18.6. The second kappa shape index (κ2) is 14.8. The van der Waals surface area contributed by atoms with Crippen molar-refractivity contribution in [3.8, 4) is 0 Å². The number of fused-ring (bicyclic) bond motifs is 13. The fourth-order valence-electron chi connectivity index (χ4n) is 22.8. The molecule has 10 heteroatoms. The summed E-state index contributed by atoms with van der Waals surface area (Å²) >= 11 is 0. The van der Waals surface area contributed by atoms with Crippen molar-refractivity contribution in [2.75, 3.05) is 36.0 Å². The van der Waals surface area contributed by atoms with Gasteiger partial charge >= 0.3 is 5.97 Å². The number of aliphatic carboxylic acids is 1. The van der Waals surface area contributed by atoms with Crippen LogP contribution < -0.4 is 9.80 Å². The Balaban J connectivity index is 0.936. The summed E-state index contributed by atoms with van der Waals surface area (Å²) in [6.45, 7) is 15.1. The zero-order chi connectivity index (χ0) is 49.4. The molecule has 0 aromatic heterocycles. The van der Waals surface area contributed by atoms with Gasteiger partial charge in [0.05, 0.1) is 35.8 Å². The number of aliphatic hydroxyl groups excluding tert-OH is 3. The van der Waals surface area contributed by atoms with Crippen LogP contribution in [0.4, 0.5) is 11.4 Å². The molecule has 0 radical (unpaired) electrons. The van der Waals surface area contributed by atoms with Gasteiger partial charge in [0.25, 0.3) is 0 Å². The first kappa shape index (κ1) is 45.6. The highest BCUT2D eigenvalue weighted by molar-refractivity contribution is 5.78. The Morgan fingerprint density at radius 1 is 0.750 bits per heavy atom. The third-order valence-electron chi connectivity index (χ3n) is 25.4. The molecular weight excluding hydrogens is 897 g/mol. The van der Waals surface area contributed by atoms with Gasteiger partial charge < -0.3 is 35.3 Å². The van der Waals surface area contributed by atoms with E-state index < -0.39 is 40.8 Å². The molecule has 13 aliphatic rings. The van der Waals surface area contributed by atoms with E-state index in [0.717, 1.165) is 64.7 Å². The van der Waals surface area contributed by atoms with Gasteiger partial charge in [0, 0.05) is 85.6 Å². The van der Waals surface area contributed by atoms with E-state index in [1.54, 1.807) is 0 Å². The minimum atomic E-state index is -0.952. The molecule has 72 heavy (non-hydrogen) atoms. The van der Waals surface area contributed by atoms with E-state index in [1.165, 1.54) is 44.8 Å². The number of aliphatic hydroxyl groups is 4. The number of hydrogen-bond donors (Lipinski definition) is 5. The van der Waals surface area contributed by atoms with Gasteiger partial charge in [0.2, 0.25) is 0 Å². The van der Waals surface area contributed by atoms with Gasteiger partial charge in [-0.1, -0.05) is 80.5 Å². The summed E-state index contributed by atoms with van der Waals surface area (Å²) in [4.78, 5) is 22.7. The van der Waals surface area contributed by atoms with E-state index in [0.29, 0.717) is 32.1 Å². The summed E-state index contributed by atoms with van der Waals surface area (Å²) in [5.41, 5.74) is 8.43. The third-order valence-corrected chi connectivity index (χ3v) is 25.4. The molecule has 2 aromatic rings. The smallest absolute Gasteiger partial charge is 0.303 e. The van der Waals surface area contributed by atoms with Crippen molar-refractivity contribution < 1.29 is 30.3 Å². The Kier molecular flexibility index (Phi) is 9.37. The molecule has 7 heterocycles. The maximum absolute atomic E-state index is 13.5. The van der Waals surface area contributed by atoms with Crippen molar-refractivity contribution in [3.63, 3.8) is 0 Å². The van der Waals surface area contributed by atoms with E-state index in [1.807, 2.05) is 0 Å². The highest BCUT2D eigenvalue weighted by atomic mass is 16.4. The largest absolute Gasteiger partial charge is 0.481 e. The van der Waals surface area contributed by atoms with Crippen molar-refractivity contribution in [1.82, 2.24) is 9.80 Å². The van der Waals surface area contributed by atoms with Gasteiger partial charge in [-0.05, 0) is 165 Å². The van der Waals surface area contributed by atoms with E-state index in [9.17, 15) is 30.3 Å². The number of carbonyl (C=O) groups is 1. The predicted octanol–water partition coefficient (Wildman–Crippen LogP) is 8.51. The average molecular weight is 975 g/mol. The molecule has 20 unspecified atom stereocenters. The molecule has 6 saturated carbocycles. The topological polar surface area (TPSA) is 131 Å². The van der Waals surface area contributed by atoms with E-state index in [4.69, 9.17) is 0 Å². The molecular formula is C62H78N4O6. The lowest BCUT2D eigenvalue weighted by Crippen LogP contribution is -2.77. The molecule has 10 nitrogen and oxygen atoms in total. The predicted molar refractivity (Wildman–Crippen MR) is 278 cm³/mol. The number of rotatable bonds is 5. The number of carboxylic acids is 1. The molecule has 10 fully saturated rings. The van der Waals surface area contributed by atoms with E-state index >= 15 is 0 Å². The maximum Gasteiger partial charge on any atom is 0.303 e. The number of nitrogens with zero attached hydrogens (tertiary/aromatic N) is 4. The summed E-state index contributed by atoms with van der Waals surface area (Å²) in [5.74, 6) is 0.371. The highest BCUT2D eigenvalue weighted by Gasteiger charge is 2.80. The SMILES string of the molecule is C/C=C1\CN2CCC34c5ccccc5N5/C=C6/C7CC8(O)N(CCC89c8ccccc8N(/C=C(/C1CC23C1CC(O)CC2CC(O)C3C8CCC(C(C)CCC(=O)O)C8(C)C(O)CC3C21C)C54)C69)C/C7=C/C. The number of benzene rings is 2. The molecule has 5 N–H and O–H groups in total. The van der Waals surface area contributed by atoms with Crippen LogP contribution in [0.15, 0.2) is 95.4 Å². The Morgan fingerprint density at radius 2 is 1.36 bits per heavy atom. The van der Waals surface area contributed by atoms with Crippen LogP contribution >= 0.6 is 0 Å². The standard InChI is InChI=1S/C62H78N4O6/c1-6-35-30-63-22-20-59-44-12-8-10-14-48(44)65-33-42-40-29-62(72)60(21-23-64(62)31-36(40)7-2)45-13-9-11-15-49(45)66(56(42)60)32-41(55(59)65)39(35)28-61(59,63)51-26-38(67)24-37-25-50(68)54-46-18-17-43(34(3)16-19-53(70)71)58(46,5)52(69)27-47(54)57(37,51)4/h6-15,32-34,37-40,43,46-47,50-52,54-56,67-69,72H,16-31H2,1-5H3,(H,70,71)/b35-6+,36-7-,41-32-,42-33-. The van der Waals surface area contributed by atoms with E-state index in [-0.39, 0.29) is 88.1 Å². The van der Waals surface area contributed by atoms with Gasteiger partial charge in [-0.25, -0.2) is 0 Å². The van der Waals surface area contributed by atoms with E-state index in [2.05, 4.69) is 127 Å². The monoisotopic (exact) mass is 975 g/mol. The van der Waals surface area contributed by atoms with Gasteiger partial charge in [-0.2, -0.15) is 0 Å². The lowest BCUT2D eigenvalue weighted by Gasteiger charge is -2.72. The molecule has 15 rings (SSSR count). The van der Waals surface area contributed by atoms with Crippen LogP contribution in [-0.2, 0) is 15.6 Å². The Labute approximate surface area is 426 Å². The Morgan fingerprint density at radius 3 is 2.04 bits per heavy atom. The fraction of sp³-hybridized carbons (Fsp3) is 0.661. The van der Waals surface area contributed by atoms with Gasteiger partial charge in [-0.3, -0.25) is 14.6 Å². The van der Waals surface area contributed by atoms with Gasteiger partial charge in [0.15, 0.2) is 0 Å². The highest BCUT2D eigenvalue weighted by Crippen LogP contribution is 2.78. The molecule has 0 amide bonds. The zero-order valence-corrected chi connectivity index (χ0v) is 43.3. The Bertz CT molecular complexity index is 2820. The van der Waals surface area contributed by atoms with Crippen LogP contribution in [0.5, 0.6) is 0 Å². The molecule has 6 aliphatic carbocycles. The number of carboxylic acid groups (broad SMARTS) is 1. The quantitative estimate of drug-likeness (QED) is 0.186. The number of hydrogen-bond acceptors (Lipinski definition) is 9. The lowest BCUT2D eigenvalue weighted by molar-refractivity contribution is -0.245. The molecule has 2 aromatic carbocycles. The molecule has 20 atom stereocenters. The minimum absolute atomic E-state index is 0.0267. The van der Waals surface area contributed by atoms with Crippen LogP contribution in [0.1, 0.15) is 123 Å². The second-order valence-corrected chi connectivity index (χ2v) is 26.7. The molecule has 2 spiro atoms.